The highest BCUT2D eigenvalue weighted by molar-refractivity contribution is 5.72. The molecule has 3 aliphatic carbocycles. The van der Waals surface area contributed by atoms with E-state index < -0.39 is 0 Å². The second-order valence-electron chi connectivity index (χ2n) is 6.06. The summed E-state index contributed by atoms with van der Waals surface area (Å²) in [6.07, 6.45) is 14.9. The lowest BCUT2D eigenvalue weighted by Crippen LogP contribution is -2.40. The van der Waals surface area contributed by atoms with Crippen molar-refractivity contribution in [3.8, 4) is 0 Å². The standard InChI is InChI=1S/C15H22N2O/c1-12(18)16-17-10-5-14(6-11-17)15-7-2-13(3-8-15)4-9-15/h5-6,10,13H,2-4,7-9,11H2,1H3,(H,16,18). The van der Waals surface area contributed by atoms with Gasteiger partial charge in [0.25, 0.3) is 0 Å². The fraction of sp³-hybridized carbons (Fsp3) is 0.667. The van der Waals surface area contributed by atoms with Gasteiger partial charge in [0.1, 0.15) is 0 Å². The summed E-state index contributed by atoms with van der Waals surface area (Å²) in [4.78, 5) is 11.0. The lowest BCUT2D eigenvalue weighted by Gasteiger charge is -2.48. The molecule has 3 heteroatoms. The second-order valence-corrected chi connectivity index (χ2v) is 6.06. The number of carbonyl (C=O) groups excluding carboxylic acids is 1. The predicted molar refractivity (Wildman–Crippen MR) is 71.4 cm³/mol. The van der Waals surface area contributed by atoms with Crippen molar-refractivity contribution in [2.45, 2.75) is 45.4 Å². The number of hydrogen-bond donors (Lipinski definition) is 1. The molecule has 1 amide bonds. The van der Waals surface area contributed by atoms with Crippen LogP contribution >= 0.6 is 0 Å². The lowest BCUT2D eigenvalue weighted by molar-refractivity contribution is -0.122. The van der Waals surface area contributed by atoms with Crippen LogP contribution in [0, 0.1) is 11.3 Å². The molecule has 3 fully saturated rings. The molecular weight excluding hydrogens is 224 g/mol. The fourth-order valence-corrected chi connectivity index (χ4v) is 3.86. The first kappa shape index (κ1) is 11.8. The normalized spacial score (nSPS) is 34.4. The first-order chi connectivity index (χ1) is 8.68. The van der Waals surface area contributed by atoms with Gasteiger partial charge in [-0.15, -0.1) is 0 Å². The number of carbonyl (C=O) groups is 1. The molecule has 1 N–H and O–H groups in total. The summed E-state index contributed by atoms with van der Waals surface area (Å²) in [6, 6.07) is 0. The maximum absolute atomic E-state index is 11.0. The Hall–Kier alpha value is -1.25. The van der Waals surface area contributed by atoms with Crippen LogP contribution in [0.2, 0.25) is 0 Å². The quantitative estimate of drug-likeness (QED) is 0.812. The van der Waals surface area contributed by atoms with Gasteiger partial charge in [0.15, 0.2) is 0 Å². The molecule has 3 saturated carbocycles. The Morgan fingerprint density at radius 1 is 1.33 bits per heavy atom. The summed E-state index contributed by atoms with van der Waals surface area (Å²) < 4.78 is 0. The Kier molecular flexibility index (Phi) is 2.92. The van der Waals surface area contributed by atoms with Crippen LogP contribution in [0.1, 0.15) is 45.4 Å². The number of amides is 1. The molecule has 1 aliphatic heterocycles. The molecule has 0 spiro atoms. The molecule has 0 aromatic carbocycles. The number of rotatable bonds is 2. The van der Waals surface area contributed by atoms with Crippen LogP contribution in [0.3, 0.4) is 0 Å². The number of nitrogens with one attached hydrogen (secondary N) is 1. The van der Waals surface area contributed by atoms with E-state index in [0.717, 1.165) is 12.5 Å². The van der Waals surface area contributed by atoms with E-state index in [-0.39, 0.29) is 5.91 Å². The minimum atomic E-state index is -0.00663. The van der Waals surface area contributed by atoms with Crippen LogP contribution < -0.4 is 5.43 Å². The third-order valence-electron chi connectivity index (χ3n) is 4.95. The topological polar surface area (TPSA) is 32.3 Å². The molecule has 2 bridgehead atoms. The molecule has 3 nitrogen and oxygen atoms in total. The molecule has 0 saturated heterocycles. The molecule has 4 rings (SSSR count). The molecule has 0 aromatic heterocycles. The summed E-state index contributed by atoms with van der Waals surface area (Å²) in [5.74, 6) is 1.00. The van der Waals surface area contributed by atoms with Gasteiger partial charge < -0.3 is 0 Å². The fourth-order valence-electron chi connectivity index (χ4n) is 3.86. The van der Waals surface area contributed by atoms with Gasteiger partial charge in [-0.1, -0.05) is 6.08 Å². The van der Waals surface area contributed by atoms with Crippen LogP contribution in [0.5, 0.6) is 0 Å². The molecule has 1 heterocycles. The molecule has 0 unspecified atom stereocenters. The summed E-state index contributed by atoms with van der Waals surface area (Å²) in [7, 11) is 0. The Labute approximate surface area is 109 Å². The van der Waals surface area contributed by atoms with Crippen LogP contribution in [0.15, 0.2) is 23.9 Å². The highest BCUT2D eigenvalue weighted by Crippen LogP contribution is 2.54. The van der Waals surface area contributed by atoms with Gasteiger partial charge in [-0.3, -0.25) is 15.2 Å². The number of nitrogens with zero attached hydrogens (tertiary/aromatic N) is 1. The van der Waals surface area contributed by atoms with Crippen LogP contribution in [-0.4, -0.2) is 17.5 Å². The Balaban J connectivity index is 1.69. The van der Waals surface area contributed by atoms with Crippen LogP contribution in [0.25, 0.3) is 0 Å². The highest BCUT2D eigenvalue weighted by atomic mass is 16.2. The summed E-state index contributed by atoms with van der Waals surface area (Å²) >= 11 is 0. The SMILES string of the molecule is CC(=O)NN1C=CC(C23CCC(CC2)CC3)=CC1. The molecular formula is C15H22N2O. The smallest absolute Gasteiger partial charge is 0.235 e. The molecule has 0 aromatic rings. The van der Waals surface area contributed by atoms with Gasteiger partial charge in [-0.05, 0) is 61.5 Å². The third kappa shape index (κ3) is 2.06. The van der Waals surface area contributed by atoms with Crippen molar-refractivity contribution in [3.63, 3.8) is 0 Å². The number of fused-ring (bicyclic) bond motifs is 3. The van der Waals surface area contributed by atoms with Crippen LogP contribution in [0.4, 0.5) is 0 Å². The summed E-state index contributed by atoms with van der Waals surface area (Å²) in [6.45, 7) is 2.35. The molecule has 4 aliphatic rings. The Bertz CT molecular complexity index is 389. The predicted octanol–water partition coefficient (Wildman–Crippen LogP) is 2.76. The van der Waals surface area contributed by atoms with Crippen molar-refractivity contribution in [1.29, 1.82) is 0 Å². The van der Waals surface area contributed by atoms with Gasteiger partial charge in [-0.25, -0.2) is 0 Å². The minimum Gasteiger partial charge on any atom is -0.289 e. The van der Waals surface area contributed by atoms with Crippen molar-refractivity contribution < 1.29 is 4.79 Å². The largest absolute Gasteiger partial charge is 0.289 e. The summed E-state index contributed by atoms with van der Waals surface area (Å²) in [5, 5.41) is 1.86. The van der Waals surface area contributed by atoms with Crippen LogP contribution in [-0.2, 0) is 4.79 Å². The molecule has 98 valence electrons. The zero-order valence-electron chi connectivity index (χ0n) is 11.1. The maximum Gasteiger partial charge on any atom is 0.235 e. The first-order valence-electron chi connectivity index (χ1n) is 7.11. The van der Waals surface area contributed by atoms with E-state index in [1.165, 1.54) is 44.1 Å². The van der Waals surface area contributed by atoms with Gasteiger partial charge in [0, 0.05) is 13.1 Å². The number of hydrazine groups is 1. The third-order valence-corrected chi connectivity index (χ3v) is 4.95. The average Bonchev–Trinajstić information content (AvgIpc) is 2.41. The second kappa shape index (κ2) is 4.45. The zero-order valence-corrected chi connectivity index (χ0v) is 11.1. The van der Waals surface area contributed by atoms with Crippen molar-refractivity contribution >= 4 is 5.91 Å². The van der Waals surface area contributed by atoms with Gasteiger partial charge in [0.2, 0.25) is 5.91 Å². The Morgan fingerprint density at radius 2 is 2.00 bits per heavy atom. The van der Waals surface area contributed by atoms with E-state index in [0.29, 0.717) is 5.41 Å². The average molecular weight is 246 g/mol. The molecule has 18 heavy (non-hydrogen) atoms. The molecule has 0 radical (unpaired) electrons. The van der Waals surface area contributed by atoms with Gasteiger partial charge in [0.05, 0.1) is 6.54 Å². The van der Waals surface area contributed by atoms with E-state index in [4.69, 9.17) is 0 Å². The van der Waals surface area contributed by atoms with Crippen molar-refractivity contribution in [3.05, 3.63) is 23.9 Å². The summed E-state index contributed by atoms with van der Waals surface area (Å²) in [5.41, 5.74) is 4.79. The maximum atomic E-state index is 11.0. The van der Waals surface area contributed by atoms with Crippen molar-refractivity contribution in [2.24, 2.45) is 11.3 Å². The van der Waals surface area contributed by atoms with Gasteiger partial charge in [-0.2, -0.15) is 0 Å². The van der Waals surface area contributed by atoms with Crippen molar-refractivity contribution in [1.82, 2.24) is 10.4 Å². The van der Waals surface area contributed by atoms with E-state index in [9.17, 15) is 4.79 Å². The van der Waals surface area contributed by atoms with E-state index >= 15 is 0 Å². The highest BCUT2D eigenvalue weighted by Gasteiger charge is 2.42. The number of allylic oxidation sites excluding steroid dienone is 2. The van der Waals surface area contributed by atoms with E-state index in [1.54, 1.807) is 6.92 Å². The lowest BCUT2D eigenvalue weighted by atomic mass is 9.57. The van der Waals surface area contributed by atoms with E-state index in [2.05, 4.69) is 17.6 Å². The number of hydrogen-bond acceptors (Lipinski definition) is 2. The van der Waals surface area contributed by atoms with Gasteiger partial charge >= 0.3 is 0 Å². The van der Waals surface area contributed by atoms with Crippen molar-refractivity contribution in [2.75, 3.05) is 6.54 Å². The molecule has 0 atom stereocenters. The van der Waals surface area contributed by atoms with E-state index in [1.807, 2.05) is 11.2 Å². The minimum absolute atomic E-state index is 0.00663. The Morgan fingerprint density at radius 3 is 2.50 bits per heavy atom. The zero-order chi connectivity index (χ0) is 12.6. The monoisotopic (exact) mass is 246 g/mol. The first-order valence-corrected chi connectivity index (χ1v) is 7.11.